The SMILES string of the molecule is CNC(=O)c1c(-c2ccc(F)cc2)oc2cc(N(C)S(C)(=O)=O)c(C3=CCC4(C)NC(=O)n5c(cc6cc(F)ccc65)C4=N3)cc12. The summed E-state index contributed by atoms with van der Waals surface area (Å²) in [5.74, 6) is -1.18. The van der Waals surface area contributed by atoms with Gasteiger partial charge in [-0.1, -0.05) is 6.08 Å². The van der Waals surface area contributed by atoms with E-state index in [0.717, 1.165) is 10.6 Å². The summed E-state index contributed by atoms with van der Waals surface area (Å²) in [6.45, 7) is 1.83. The van der Waals surface area contributed by atoms with Gasteiger partial charge in [0.15, 0.2) is 0 Å². The molecule has 0 bridgehead atoms. The van der Waals surface area contributed by atoms with E-state index >= 15 is 0 Å². The van der Waals surface area contributed by atoms with Crippen LogP contribution in [0.1, 0.15) is 35.0 Å². The van der Waals surface area contributed by atoms with Gasteiger partial charge in [0.1, 0.15) is 23.0 Å². The molecule has 0 aliphatic carbocycles. The second-order valence-corrected chi connectivity index (χ2v) is 13.6. The summed E-state index contributed by atoms with van der Waals surface area (Å²) in [5, 5.41) is 6.55. The number of benzene rings is 3. The molecule has 1 unspecified atom stereocenters. The number of rotatable bonds is 5. The standard InChI is InChI=1S/C33H27F2N5O5S/c1-33-12-11-23(37-30(33)26-14-18-13-20(35)9-10-24(18)40(26)32(42)38-33)21-15-22-27(16-25(21)39(3)46(4,43)44)45-29(28(22)31(41)36-2)17-5-7-19(34)8-6-17/h5-11,13-16H,12H2,1-4H3,(H,36,41)(H,38,42). The van der Waals surface area contributed by atoms with Gasteiger partial charge in [-0.3, -0.25) is 13.7 Å². The first-order valence-electron chi connectivity index (χ1n) is 14.2. The molecule has 7 rings (SSSR count). The first-order chi connectivity index (χ1) is 21.8. The average Bonchev–Trinajstić information content (AvgIpc) is 3.57. The van der Waals surface area contributed by atoms with E-state index in [-0.39, 0.29) is 28.6 Å². The Morgan fingerprint density at radius 3 is 2.50 bits per heavy atom. The van der Waals surface area contributed by atoms with Crippen LogP contribution in [0.4, 0.5) is 19.3 Å². The first kappa shape index (κ1) is 29.4. The maximum atomic E-state index is 14.1. The van der Waals surface area contributed by atoms with Crippen molar-refractivity contribution >= 4 is 60.9 Å². The van der Waals surface area contributed by atoms with Gasteiger partial charge in [0, 0.05) is 42.1 Å². The Labute approximate surface area is 262 Å². The molecule has 46 heavy (non-hydrogen) atoms. The Balaban J connectivity index is 1.49. The molecule has 0 fully saturated rings. The Kier molecular flexibility index (Phi) is 6.46. The number of nitrogens with zero attached hydrogens (tertiary/aromatic N) is 3. The third-order valence-corrected chi connectivity index (χ3v) is 9.72. The summed E-state index contributed by atoms with van der Waals surface area (Å²) in [5.41, 5.74) is 2.46. The fourth-order valence-electron chi connectivity index (χ4n) is 6.11. The van der Waals surface area contributed by atoms with Crippen LogP contribution in [0, 0.1) is 11.6 Å². The van der Waals surface area contributed by atoms with Gasteiger partial charge < -0.3 is 15.1 Å². The zero-order valence-electron chi connectivity index (χ0n) is 25.1. The molecular weight excluding hydrogens is 616 g/mol. The number of hydrogen-bond acceptors (Lipinski definition) is 6. The van der Waals surface area contributed by atoms with E-state index in [9.17, 15) is 26.8 Å². The minimum Gasteiger partial charge on any atom is -0.455 e. The highest BCUT2D eigenvalue weighted by Gasteiger charge is 2.42. The molecule has 1 atom stereocenters. The fraction of sp³-hybridized carbons (Fsp3) is 0.182. The summed E-state index contributed by atoms with van der Waals surface area (Å²) in [7, 11) is -0.908. The number of aromatic nitrogens is 1. The molecule has 0 saturated heterocycles. The molecule has 2 N–H and O–H groups in total. The van der Waals surface area contributed by atoms with E-state index < -0.39 is 33.1 Å². The van der Waals surface area contributed by atoms with Crippen molar-refractivity contribution < 1.29 is 31.2 Å². The number of nitrogens with one attached hydrogen (secondary N) is 2. The van der Waals surface area contributed by atoms with Crippen LogP contribution in [0.2, 0.25) is 0 Å². The van der Waals surface area contributed by atoms with E-state index in [4.69, 9.17) is 9.41 Å². The molecular formula is C33H27F2N5O5S. The van der Waals surface area contributed by atoms with Crippen LogP contribution in [0.25, 0.3) is 38.9 Å². The fourth-order valence-corrected chi connectivity index (χ4v) is 6.62. The maximum Gasteiger partial charge on any atom is 0.327 e. The van der Waals surface area contributed by atoms with Gasteiger partial charge in [-0.2, -0.15) is 0 Å². The molecule has 4 heterocycles. The third-order valence-electron chi connectivity index (χ3n) is 8.53. The van der Waals surface area contributed by atoms with E-state index in [1.54, 1.807) is 18.2 Å². The topological polar surface area (TPSA) is 126 Å². The molecule has 2 aliphatic rings. The van der Waals surface area contributed by atoms with E-state index in [0.29, 0.717) is 50.9 Å². The van der Waals surface area contributed by atoms with Crippen LogP contribution in [0.15, 0.2) is 76.1 Å². The van der Waals surface area contributed by atoms with Gasteiger partial charge in [0.2, 0.25) is 10.0 Å². The molecule has 0 saturated carbocycles. The smallest absolute Gasteiger partial charge is 0.327 e. The minimum absolute atomic E-state index is 0.180. The number of fused-ring (bicyclic) bond motifs is 6. The van der Waals surface area contributed by atoms with Crippen LogP contribution >= 0.6 is 0 Å². The van der Waals surface area contributed by atoms with Gasteiger partial charge in [0.25, 0.3) is 5.91 Å². The number of aliphatic imine (C=N–C) groups is 1. The highest BCUT2D eigenvalue weighted by Crippen LogP contribution is 2.42. The van der Waals surface area contributed by atoms with Crippen molar-refractivity contribution in [1.29, 1.82) is 0 Å². The lowest BCUT2D eigenvalue weighted by molar-refractivity contribution is 0.0964. The molecule has 0 spiro atoms. The molecule has 2 amide bonds. The minimum atomic E-state index is -3.78. The zero-order chi connectivity index (χ0) is 32.7. The lowest BCUT2D eigenvalue weighted by Gasteiger charge is -2.38. The highest BCUT2D eigenvalue weighted by atomic mass is 32.2. The zero-order valence-corrected chi connectivity index (χ0v) is 25.9. The van der Waals surface area contributed by atoms with Crippen molar-refractivity contribution in [3.05, 3.63) is 95.2 Å². The maximum absolute atomic E-state index is 14.1. The number of hydrogen-bond donors (Lipinski definition) is 2. The normalized spacial score (nSPS) is 17.7. The van der Waals surface area contributed by atoms with Crippen LogP contribution in [0.3, 0.4) is 0 Å². The number of halogens is 2. The van der Waals surface area contributed by atoms with Crippen LogP contribution < -0.4 is 14.9 Å². The van der Waals surface area contributed by atoms with Crippen molar-refractivity contribution in [3.8, 4) is 11.3 Å². The van der Waals surface area contributed by atoms with Crippen molar-refractivity contribution in [2.24, 2.45) is 4.99 Å². The monoisotopic (exact) mass is 643 g/mol. The molecule has 2 aliphatic heterocycles. The molecule has 13 heteroatoms. The second kappa shape index (κ2) is 10.1. The van der Waals surface area contributed by atoms with Gasteiger partial charge in [0.05, 0.1) is 45.7 Å². The number of carbonyl (C=O) groups excluding carboxylic acids is 2. The predicted molar refractivity (Wildman–Crippen MR) is 172 cm³/mol. The van der Waals surface area contributed by atoms with E-state index in [1.165, 1.54) is 67.2 Å². The van der Waals surface area contributed by atoms with E-state index in [2.05, 4.69) is 10.6 Å². The van der Waals surface area contributed by atoms with E-state index in [1.807, 2.05) is 6.92 Å². The molecule has 3 aromatic carbocycles. The Morgan fingerprint density at radius 1 is 1.09 bits per heavy atom. The summed E-state index contributed by atoms with van der Waals surface area (Å²) >= 11 is 0. The van der Waals surface area contributed by atoms with Gasteiger partial charge in [-0.05, 0) is 67.9 Å². The van der Waals surface area contributed by atoms with Crippen LogP contribution in [-0.4, -0.2) is 56.5 Å². The van der Waals surface area contributed by atoms with Crippen LogP contribution in [0.5, 0.6) is 0 Å². The molecule has 5 aromatic rings. The number of furan rings is 1. The number of carbonyl (C=O) groups is 2. The molecule has 2 aromatic heterocycles. The molecule has 0 radical (unpaired) electrons. The lowest BCUT2D eigenvalue weighted by atomic mass is 9.84. The van der Waals surface area contributed by atoms with Crippen LogP contribution in [-0.2, 0) is 10.0 Å². The summed E-state index contributed by atoms with van der Waals surface area (Å²) in [6, 6.07) is 14.1. The van der Waals surface area contributed by atoms with Gasteiger partial charge in [-0.25, -0.2) is 27.0 Å². The molecule has 234 valence electrons. The third kappa shape index (κ3) is 4.49. The second-order valence-electron chi connectivity index (χ2n) is 11.6. The first-order valence-corrected chi connectivity index (χ1v) is 16.1. The Morgan fingerprint density at radius 2 is 1.80 bits per heavy atom. The summed E-state index contributed by atoms with van der Waals surface area (Å²) < 4.78 is 62.3. The number of anilines is 1. The summed E-state index contributed by atoms with van der Waals surface area (Å²) in [4.78, 5) is 31.5. The number of amides is 2. The van der Waals surface area contributed by atoms with Crippen molar-refractivity contribution in [2.45, 2.75) is 18.9 Å². The lowest BCUT2D eigenvalue weighted by Crippen LogP contribution is -2.58. The van der Waals surface area contributed by atoms with Gasteiger partial charge >= 0.3 is 6.03 Å². The number of sulfonamides is 1. The van der Waals surface area contributed by atoms with Crippen molar-refractivity contribution in [2.75, 3.05) is 24.7 Å². The molecule has 10 nitrogen and oxygen atoms in total. The Bertz CT molecular complexity index is 2320. The highest BCUT2D eigenvalue weighted by molar-refractivity contribution is 7.92. The predicted octanol–water partition coefficient (Wildman–Crippen LogP) is 5.65. The summed E-state index contributed by atoms with van der Waals surface area (Å²) in [6.07, 6.45) is 3.16. The quantitative estimate of drug-likeness (QED) is 0.256. The van der Waals surface area contributed by atoms with Crippen molar-refractivity contribution in [3.63, 3.8) is 0 Å². The Hall–Kier alpha value is -5.30. The van der Waals surface area contributed by atoms with Gasteiger partial charge in [-0.15, -0.1) is 0 Å². The average molecular weight is 644 g/mol. The van der Waals surface area contributed by atoms with Crippen molar-refractivity contribution in [1.82, 2.24) is 15.2 Å². The largest absolute Gasteiger partial charge is 0.455 e.